The fraction of sp³-hybridized carbons (Fsp3) is 0.154. The predicted molar refractivity (Wildman–Crippen MR) is 74.1 cm³/mol. The van der Waals surface area contributed by atoms with Crippen LogP contribution in [-0.2, 0) is 6.54 Å². The van der Waals surface area contributed by atoms with Crippen molar-refractivity contribution in [2.75, 3.05) is 0 Å². The predicted octanol–water partition coefficient (Wildman–Crippen LogP) is 2.26. The van der Waals surface area contributed by atoms with E-state index < -0.39 is 0 Å². The van der Waals surface area contributed by atoms with Gasteiger partial charge in [-0.05, 0) is 19.1 Å². The highest BCUT2D eigenvalue weighted by molar-refractivity contribution is 7.09. The van der Waals surface area contributed by atoms with Gasteiger partial charge in [-0.15, -0.1) is 11.3 Å². The second-order valence-corrected chi connectivity index (χ2v) is 5.24. The number of benzene rings is 1. The van der Waals surface area contributed by atoms with Gasteiger partial charge in [0.1, 0.15) is 0 Å². The third kappa shape index (κ3) is 2.34. The van der Waals surface area contributed by atoms with Gasteiger partial charge < -0.3 is 5.32 Å². The number of thiazole rings is 1. The van der Waals surface area contributed by atoms with E-state index >= 15 is 0 Å². The molecule has 5 nitrogen and oxygen atoms in total. The zero-order chi connectivity index (χ0) is 13.2. The Morgan fingerprint density at radius 1 is 1.47 bits per heavy atom. The van der Waals surface area contributed by atoms with Gasteiger partial charge in [-0.25, -0.2) is 4.98 Å². The molecule has 0 bridgehead atoms. The van der Waals surface area contributed by atoms with Crippen molar-refractivity contribution in [1.82, 2.24) is 20.5 Å². The van der Waals surface area contributed by atoms with Crippen LogP contribution in [-0.4, -0.2) is 21.1 Å². The Bertz CT molecular complexity index is 731. The summed E-state index contributed by atoms with van der Waals surface area (Å²) in [5.41, 5.74) is 2.37. The second kappa shape index (κ2) is 4.81. The van der Waals surface area contributed by atoms with Gasteiger partial charge >= 0.3 is 0 Å². The minimum Gasteiger partial charge on any atom is -0.346 e. The summed E-state index contributed by atoms with van der Waals surface area (Å²) in [5, 5.41) is 13.5. The molecule has 0 aliphatic rings. The molecule has 0 aliphatic carbocycles. The molecule has 6 heteroatoms. The van der Waals surface area contributed by atoms with E-state index in [2.05, 4.69) is 20.5 Å². The van der Waals surface area contributed by atoms with Crippen molar-refractivity contribution in [3.8, 4) is 0 Å². The molecule has 0 aliphatic heterocycles. The van der Waals surface area contributed by atoms with Crippen LogP contribution in [0.4, 0.5) is 0 Å². The van der Waals surface area contributed by atoms with Gasteiger partial charge in [0.15, 0.2) is 0 Å². The lowest BCUT2D eigenvalue weighted by molar-refractivity contribution is 0.0952. The van der Waals surface area contributed by atoms with Crippen LogP contribution in [0.5, 0.6) is 0 Å². The maximum atomic E-state index is 12.2. The number of fused-ring (bicyclic) bond motifs is 1. The first-order chi connectivity index (χ1) is 9.24. The highest BCUT2D eigenvalue weighted by Crippen LogP contribution is 2.16. The molecule has 1 amide bonds. The average Bonchev–Trinajstić information content (AvgIpc) is 3.03. The number of carbonyl (C=O) groups is 1. The van der Waals surface area contributed by atoms with E-state index in [1.165, 1.54) is 0 Å². The molecular weight excluding hydrogens is 260 g/mol. The molecule has 3 aromatic rings. The summed E-state index contributed by atoms with van der Waals surface area (Å²) in [6.07, 6.45) is 1.66. The first-order valence-corrected chi connectivity index (χ1v) is 6.73. The Morgan fingerprint density at radius 3 is 3.16 bits per heavy atom. The summed E-state index contributed by atoms with van der Waals surface area (Å²) in [5.74, 6) is -0.113. The van der Waals surface area contributed by atoms with E-state index in [0.717, 1.165) is 21.6 Å². The largest absolute Gasteiger partial charge is 0.346 e. The lowest BCUT2D eigenvalue weighted by atomic mass is 10.1. The molecule has 2 N–H and O–H groups in total. The van der Waals surface area contributed by atoms with Gasteiger partial charge in [-0.3, -0.25) is 9.89 Å². The molecular formula is C13H12N4OS. The maximum absolute atomic E-state index is 12.2. The number of rotatable bonds is 3. The van der Waals surface area contributed by atoms with Crippen LogP contribution in [0.2, 0.25) is 0 Å². The van der Waals surface area contributed by atoms with E-state index in [1.54, 1.807) is 23.6 Å². The van der Waals surface area contributed by atoms with E-state index in [1.807, 2.05) is 24.4 Å². The Hall–Kier alpha value is -2.21. The van der Waals surface area contributed by atoms with Gasteiger partial charge in [0.2, 0.25) is 0 Å². The van der Waals surface area contributed by atoms with Gasteiger partial charge in [0.25, 0.3) is 5.91 Å². The van der Waals surface area contributed by atoms with Gasteiger partial charge in [-0.1, -0.05) is 6.07 Å². The number of hydrogen-bond donors (Lipinski definition) is 2. The van der Waals surface area contributed by atoms with E-state index in [4.69, 9.17) is 0 Å². The molecule has 1 aromatic carbocycles. The lowest BCUT2D eigenvalue weighted by Gasteiger charge is -2.04. The number of nitrogens with one attached hydrogen (secondary N) is 2. The van der Waals surface area contributed by atoms with Crippen molar-refractivity contribution in [3.05, 3.63) is 46.0 Å². The molecule has 0 spiro atoms. The molecule has 0 saturated carbocycles. The van der Waals surface area contributed by atoms with E-state index in [0.29, 0.717) is 12.1 Å². The van der Waals surface area contributed by atoms with Gasteiger partial charge in [0.05, 0.1) is 34.5 Å². The highest BCUT2D eigenvalue weighted by atomic mass is 32.1. The third-order valence-corrected chi connectivity index (χ3v) is 3.65. The standard InChI is InChI=1S/C13H12N4OS/c1-8-16-9(7-19-8)5-14-13(18)10-3-2-4-12-11(10)6-15-17-12/h2-4,6-7H,5H2,1H3,(H,14,18)(H,15,17). The number of aromatic amines is 1. The van der Waals surface area contributed by atoms with Crippen LogP contribution >= 0.6 is 11.3 Å². The second-order valence-electron chi connectivity index (χ2n) is 4.18. The van der Waals surface area contributed by atoms with Crippen LogP contribution in [0.1, 0.15) is 21.1 Å². The smallest absolute Gasteiger partial charge is 0.252 e. The summed E-state index contributed by atoms with van der Waals surface area (Å²) in [7, 11) is 0. The van der Waals surface area contributed by atoms with Crippen molar-refractivity contribution in [3.63, 3.8) is 0 Å². The molecule has 0 saturated heterocycles. The molecule has 96 valence electrons. The quantitative estimate of drug-likeness (QED) is 0.768. The van der Waals surface area contributed by atoms with Crippen molar-refractivity contribution >= 4 is 28.1 Å². The normalized spacial score (nSPS) is 10.8. The zero-order valence-electron chi connectivity index (χ0n) is 10.3. The highest BCUT2D eigenvalue weighted by Gasteiger charge is 2.11. The van der Waals surface area contributed by atoms with Crippen molar-refractivity contribution in [1.29, 1.82) is 0 Å². The lowest BCUT2D eigenvalue weighted by Crippen LogP contribution is -2.23. The fourth-order valence-electron chi connectivity index (χ4n) is 1.92. The zero-order valence-corrected chi connectivity index (χ0v) is 11.1. The summed E-state index contributed by atoms with van der Waals surface area (Å²) < 4.78 is 0. The Morgan fingerprint density at radius 2 is 2.37 bits per heavy atom. The Kier molecular flexibility index (Phi) is 3.00. The molecule has 0 fully saturated rings. The molecule has 0 atom stereocenters. The number of carbonyl (C=O) groups excluding carboxylic acids is 1. The first-order valence-electron chi connectivity index (χ1n) is 5.85. The monoisotopic (exact) mass is 272 g/mol. The molecule has 3 rings (SSSR count). The van der Waals surface area contributed by atoms with Crippen LogP contribution in [0.15, 0.2) is 29.8 Å². The van der Waals surface area contributed by atoms with Crippen LogP contribution in [0, 0.1) is 6.92 Å². The molecule has 19 heavy (non-hydrogen) atoms. The average molecular weight is 272 g/mol. The Labute approximate surface area is 113 Å². The summed E-state index contributed by atoms with van der Waals surface area (Å²) >= 11 is 1.58. The minimum atomic E-state index is -0.113. The first kappa shape index (κ1) is 11.9. The number of aryl methyl sites for hydroxylation is 1. The number of aromatic nitrogens is 3. The summed E-state index contributed by atoms with van der Waals surface area (Å²) in [4.78, 5) is 16.5. The van der Waals surface area contributed by atoms with E-state index in [-0.39, 0.29) is 5.91 Å². The number of nitrogens with zero attached hydrogens (tertiary/aromatic N) is 2. The van der Waals surface area contributed by atoms with E-state index in [9.17, 15) is 4.79 Å². The Balaban J connectivity index is 1.78. The number of amides is 1. The van der Waals surface area contributed by atoms with Crippen LogP contribution in [0.25, 0.3) is 10.9 Å². The van der Waals surface area contributed by atoms with Crippen LogP contribution in [0.3, 0.4) is 0 Å². The molecule has 2 aromatic heterocycles. The maximum Gasteiger partial charge on any atom is 0.252 e. The van der Waals surface area contributed by atoms with Crippen molar-refractivity contribution in [2.45, 2.75) is 13.5 Å². The topological polar surface area (TPSA) is 70.7 Å². The molecule has 2 heterocycles. The van der Waals surface area contributed by atoms with Crippen LogP contribution < -0.4 is 5.32 Å². The molecule has 0 radical (unpaired) electrons. The summed E-state index contributed by atoms with van der Waals surface area (Å²) in [6, 6.07) is 5.52. The third-order valence-electron chi connectivity index (χ3n) is 2.83. The van der Waals surface area contributed by atoms with Gasteiger partial charge in [-0.2, -0.15) is 5.10 Å². The van der Waals surface area contributed by atoms with Crippen molar-refractivity contribution < 1.29 is 4.79 Å². The SMILES string of the molecule is Cc1nc(CNC(=O)c2cccc3[nH]ncc23)cs1. The fourth-order valence-corrected chi connectivity index (χ4v) is 2.53. The van der Waals surface area contributed by atoms with Crippen molar-refractivity contribution in [2.24, 2.45) is 0 Å². The minimum absolute atomic E-state index is 0.113. The number of hydrogen-bond acceptors (Lipinski definition) is 4. The van der Waals surface area contributed by atoms with Gasteiger partial charge in [0, 0.05) is 10.8 Å². The number of H-pyrrole nitrogens is 1. The summed E-state index contributed by atoms with van der Waals surface area (Å²) in [6.45, 7) is 2.39. The molecule has 0 unspecified atom stereocenters.